The van der Waals surface area contributed by atoms with Gasteiger partial charge < -0.3 is 19.4 Å². The van der Waals surface area contributed by atoms with Crippen LogP contribution in [0.15, 0.2) is 41.3 Å². The van der Waals surface area contributed by atoms with Gasteiger partial charge in [0.05, 0.1) is 23.1 Å². The number of alkyl halides is 3. The first-order chi connectivity index (χ1) is 16.9. The third kappa shape index (κ3) is 6.13. The molecule has 192 valence electrons. The number of rotatable bonds is 4. The molecular formula is C25H27F3N4O4. The third-order valence-electron chi connectivity index (χ3n) is 5.76. The van der Waals surface area contributed by atoms with E-state index >= 15 is 0 Å². The van der Waals surface area contributed by atoms with Gasteiger partial charge in [0.15, 0.2) is 5.82 Å². The average molecular weight is 505 g/mol. The first-order valence-corrected chi connectivity index (χ1v) is 11.6. The first-order valence-electron chi connectivity index (χ1n) is 11.6. The molecule has 4 rings (SSSR count). The van der Waals surface area contributed by atoms with Crippen molar-refractivity contribution in [2.45, 2.75) is 45.4 Å². The van der Waals surface area contributed by atoms with Crippen LogP contribution < -0.4 is 10.3 Å². The highest BCUT2D eigenvalue weighted by molar-refractivity contribution is 5.80. The Bertz CT molecular complexity index is 1310. The molecular weight excluding hydrogens is 477 g/mol. The minimum Gasteiger partial charge on any atom is -0.493 e. The molecule has 0 radical (unpaired) electrons. The minimum atomic E-state index is -4.53. The molecule has 3 heterocycles. The number of ether oxygens (including phenoxy) is 2. The second-order valence-electron chi connectivity index (χ2n) is 9.74. The number of likely N-dealkylation sites (tertiary alicyclic amines) is 1. The van der Waals surface area contributed by atoms with Crippen LogP contribution in [0.25, 0.3) is 22.4 Å². The lowest BCUT2D eigenvalue weighted by molar-refractivity contribution is -0.137. The lowest BCUT2D eigenvalue weighted by Crippen LogP contribution is -2.42. The number of benzene rings is 1. The van der Waals surface area contributed by atoms with Crippen molar-refractivity contribution in [1.29, 1.82) is 0 Å². The molecule has 1 fully saturated rings. The second-order valence-corrected chi connectivity index (χ2v) is 9.74. The number of aromatic nitrogens is 3. The highest BCUT2D eigenvalue weighted by Gasteiger charge is 2.31. The SMILES string of the molecule is CC(C)(C)OC(=O)N1CCC(COc2ccc3nc(-c4cc(C(F)(F)F)ccn4)[nH]c(=O)c3c2)CC1. The molecule has 1 amide bonds. The maximum Gasteiger partial charge on any atom is 0.416 e. The molecule has 1 aliphatic rings. The number of halogens is 3. The highest BCUT2D eigenvalue weighted by Crippen LogP contribution is 2.30. The minimum absolute atomic E-state index is 0.0518. The average Bonchev–Trinajstić information content (AvgIpc) is 2.81. The van der Waals surface area contributed by atoms with Crippen molar-refractivity contribution < 1.29 is 27.4 Å². The predicted molar refractivity (Wildman–Crippen MR) is 127 cm³/mol. The van der Waals surface area contributed by atoms with Crippen LogP contribution in [0.4, 0.5) is 18.0 Å². The van der Waals surface area contributed by atoms with Crippen LogP contribution in [0, 0.1) is 5.92 Å². The Morgan fingerprint density at radius 2 is 1.86 bits per heavy atom. The summed E-state index contributed by atoms with van der Waals surface area (Å²) in [6.45, 7) is 7.08. The molecule has 0 spiro atoms. The Morgan fingerprint density at radius 1 is 1.14 bits per heavy atom. The number of piperidine rings is 1. The van der Waals surface area contributed by atoms with Crippen LogP contribution in [-0.4, -0.2) is 51.2 Å². The molecule has 8 nitrogen and oxygen atoms in total. The zero-order valence-corrected chi connectivity index (χ0v) is 20.2. The molecule has 0 aliphatic carbocycles. The number of carbonyl (C=O) groups excluding carboxylic acids is 1. The summed E-state index contributed by atoms with van der Waals surface area (Å²) in [6, 6.07) is 6.50. The Labute approximate surface area is 205 Å². The summed E-state index contributed by atoms with van der Waals surface area (Å²) in [4.78, 5) is 37.3. The van der Waals surface area contributed by atoms with E-state index in [4.69, 9.17) is 9.47 Å². The van der Waals surface area contributed by atoms with Crippen LogP contribution in [-0.2, 0) is 10.9 Å². The normalized spacial score (nSPS) is 15.2. The van der Waals surface area contributed by atoms with Crippen molar-refractivity contribution in [2.75, 3.05) is 19.7 Å². The van der Waals surface area contributed by atoms with Gasteiger partial charge in [-0.05, 0) is 69.9 Å². The van der Waals surface area contributed by atoms with Crippen LogP contribution in [0.3, 0.4) is 0 Å². The predicted octanol–water partition coefficient (Wildman–Crippen LogP) is 5.03. The van der Waals surface area contributed by atoms with Gasteiger partial charge in [-0.3, -0.25) is 9.78 Å². The van der Waals surface area contributed by atoms with E-state index in [9.17, 15) is 22.8 Å². The molecule has 36 heavy (non-hydrogen) atoms. The van der Waals surface area contributed by atoms with E-state index in [0.717, 1.165) is 31.2 Å². The van der Waals surface area contributed by atoms with Gasteiger partial charge in [-0.2, -0.15) is 13.2 Å². The number of hydrogen-bond acceptors (Lipinski definition) is 6. The molecule has 11 heteroatoms. The first kappa shape index (κ1) is 25.5. The van der Waals surface area contributed by atoms with Crippen LogP contribution in [0.2, 0.25) is 0 Å². The number of fused-ring (bicyclic) bond motifs is 1. The van der Waals surface area contributed by atoms with E-state index in [1.165, 1.54) is 0 Å². The maximum atomic E-state index is 13.0. The summed E-state index contributed by atoms with van der Waals surface area (Å²) >= 11 is 0. The topological polar surface area (TPSA) is 97.4 Å². The van der Waals surface area contributed by atoms with Gasteiger partial charge in [0, 0.05) is 19.3 Å². The summed E-state index contributed by atoms with van der Waals surface area (Å²) < 4.78 is 50.4. The summed E-state index contributed by atoms with van der Waals surface area (Å²) in [5.41, 5.74) is -1.70. The molecule has 0 saturated carbocycles. The molecule has 1 aliphatic heterocycles. The number of nitrogens with zero attached hydrogens (tertiary/aromatic N) is 3. The van der Waals surface area contributed by atoms with Gasteiger partial charge in [-0.25, -0.2) is 9.78 Å². The quantitative estimate of drug-likeness (QED) is 0.535. The number of pyridine rings is 1. The van der Waals surface area contributed by atoms with Crippen molar-refractivity contribution in [1.82, 2.24) is 19.9 Å². The van der Waals surface area contributed by atoms with Gasteiger partial charge in [0.25, 0.3) is 5.56 Å². The lowest BCUT2D eigenvalue weighted by atomic mass is 9.98. The van der Waals surface area contributed by atoms with E-state index in [0.29, 0.717) is 31.0 Å². The smallest absolute Gasteiger partial charge is 0.416 e. The summed E-state index contributed by atoms with van der Waals surface area (Å²) in [5.74, 6) is 0.670. The molecule has 0 atom stereocenters. The zero-order chi connectivity index (χ0) is 26.1. The summed E-state index contributed by atoms with van der Waals surface area (Å²) in [5, 5.41) is 0.253. The summed E-state index contributed by atoms with van der Waals surface area (Å²) in [7, 11) is 0. The van der Waals surface area contributed by atoms with Gasteiger partial charge in [-0.1, -0.05) is 0 Å². The largest absolute Gasteiger partial charge is 0.493 e. The molecule has 0 unspecified atom stereocenters. The monoisotopic (exact) mass is 504 g/mol. The van der Waals surface area contributed by atoms with Crippen LogP contribution in [0.1, 0.15) is 39.2 Å². The van der Waals surface area contributed by atoms with E-state index in [-0.39, 0.29) is 28.9 Å². The number of hydrogen-bond donors (Lipinski definition) is 1. The molecule has 0 bridgehead atoms. The third-order valence-corrected chi connectivity index (χ3v) is 5.76. The molecule has 3 aromatic rings. The number of amides is 1. The van der Waals surface area contributed by atoms with Crippen LogP contribution >= 0.6 is 0 Å². The molecule has 1 saturated heterocycles. The molecule has 2 aromatic heterocycles. The van der Waals surface area contributed by atoms with E-state index in [1.54, 1.807) is 23.1 Å². The second kappa shape index (κ2) is 9.79. The summed E-state index contributed by atoms with van der Waals surface area (Å²) in [6.07, 6.45) is -2.29. The number of carbonyl (C=O) groups is 1. The lowest BCUT2D eigenvalue weighted by Gasteiger charge is -2.33. The van der Waals surface area contributed by atoms with E-state index in [2.05, 4.69) is 15.0 Å². The fraction of sp³-hybridized carbons (Fsp3) is 0.440. The van der Waals surface area contributed by atoms with Crippen molar-refractivity contribution in [3.63, 3.8) is 0 Å². The molecule has 1 N–H and O–H groups in total. The van der Waals surface area contributed by atoms with E-state index in [1.807, 2.05) is 20.8 Å². The van der Waals surface area contributed by atoms with Crippen LogP contribution in [0.5, 0.6) is 5.75 Å². The Morgan fingerprint density at radius 3 is 2.53 bits per heavy atom. The van der Waals surface area contributed by atoms with Gasteiger partial charge in [0.2, 0.25) is 0 Å². The van der Waals surface area contributed by atoms with Crippen molar-refractivity contribution in [3.8, 4) is 17.3 Å². The fourth-order valence-corrected chi connectivity index (χ4v) is 3.89. The Balaban J connectivity index is 1.41. The standard InChI is InChI=1S/C25H27F3N4O4/c1-24(2,3)36-23(34)32-10-7-15(8-11-32)14-35-17-4-5-19-18(13-17)22(33)31-21(30-19)20-12-16(6-9-29-20)25(26,27)28/h4-6,9,12-13,15H,7-8,10-11,14H2,1-3H3,(H,30,31,33). The zero-order valence-electron chi connectivity index (χ0n) is 20.2. The highest BCUT2D eigenvalue weighted by atomic mass is 19.4. The number of aromatic amines is 1. The van der Waals surface area contributed by atoms with Crippen molar-refractivity contribution in [2.24, 2.45) is 5.92 Å². The van der Waals surface area contributed by atoms with Gasteiger partial charge in [-0.15, -0.1) is 0 Å². The molecule has 1 aromatic carbocycles. The number of nitrogens with one attached hydrogen (secondary N) is 1. The fourth-order valence-electron chi connectivity index (χ4n) is 3.89. The maximum absolute atomic E-state index is 13.0. The van der Waals surface area contributed by atoms with Gasteiger partial charge in [0.1, 0.15) is 17.0 Å². The van der Waals surface area contributed by atoms with Crippen molar-refractivity contribution in [3.05, 3.63) is 52.4 Å². The van der Waals surface area contributed by atoms with E-state index < -0.39 is 22.9 Å². The van der Waals surface area contributed by atoms with Crippen molar-refractivity contribution >= 4 is 17.0 Å². The Kier molecular flexibility index (Phi) is 6.92. The number of H-pyrrole nitrogens is 1. The Hall–Kier alpha value is -3.63. The van der Waals surface area contributed by atoms with Gasteiger partial charge >= 0.3 is 12.3 Å².